The van der Waals surface area contributed by atoms with Gasteiger partial charge >= 0.3 is 5.97 Å². The van der Waals surface area contributed by atoms with Crippen LogP contribution in [-0.4, -0.2) is 11.1 Å². The van der Waals surface area contributed by atoms with E-state index < -0.39 is 5.97 Å². The van der Waals surface area contributed by atoms with Gasteiger partial charge in [-0.1, -0.05) is 33.4 Å². The molecule has 0 unspecified atom stereocenters. The summed E-state index contributed by atoms with van der Waals surface area (Å²) in [5.41, 5.74) is 1.02. The van der Waals surface area contributed by atoms with Crippen molar-refractivity contribution in [3.63, 3.8) is 0 Å². The van der Waals surface area contributed by atoms with Crippen LogP contribution in [0.3, 0.4) is 0 Å². The highest BCUT2D eigenvalue weighted by molar-refractivity contribution is 5.89. The average molecular weight is 234 g/mol. The third kappa shape index (κ3) is 3.34. The van der Waals surface area contributed by atoms with Gasteiger partial charge in [-0.2, -0.15) is 0 Å². The van der Waals surface area contributed by atoms with E-state index in [0.29, 0.717) is 11.3 Å². The molecule has 0 aliphatic heterocycles. The first-order valence-electron chi connectivity index (χ1n) is 5.43. The Labute approximate surface area is 102 Å². The molecule has 1 N–H and O–H groups in total. The number of ether oxygens (including phenoxy) is 1. The second kappa shape index (κ2) is 4.62. The van der Waals surface area contributed by atoms with E-state index in [1.165, 1.54) is 6.07 Å². The van der Waals surface area contributed by atoms with E-state index in [4.69, 9.17) is 4.74 Å². The quantitative estimate of drug-likeness (QED) is 0.485. The molecule has 0 saturated heterocycles. The van der Waals surface area contributed by atoms with E-state index in [9.17, 15) is 9.90 Å². The zero-order valence-corrected chi connectivity index (χ0v) is 10.7. The summed E-state index contributed by atoms with van der Waals surface area (Å²) in [7, 11) is 0. The minimum absolute atomic E-state index is 0.0718. The zero-order chi connectivity index (χ0) is 13.2. The summed E-state index contributed by atoms with van der Waals surface area (Å²) >= 11 is 0. The monoisotopic (exact) mass is 234 g/mol. The Morgan fingerprint density at radius 2 is 1.94 bits per heavy atom. The molecule has 0 aliphatic rings. The van der Waals surface area contributed by atoms with Gasteiger partial charge in [0, 0.05) is 17.2 Å². The van der Waals surface area contributed by atoms with Gasteiger partial charge in [-0.25, -0.2) is 4.79 Å². The molecule has 1 aromatic carbocycles. The average Bonchev–Trinajstić information content (AvgIpc) is 2.15. The second-order valence-electron chi connectivity index (χ2n) is 5.10. The fourth-order valence-corrected chi connectivity index (χ4v) is 1.40. The molecule has 0 saturated carbocycles. The van der Waals surface area contributed by atoms with Crippen molar-refractivity contribution in [3.8, 4) is 11.5 Å². The van der Waals surface area contributed by atoms with E-state index in [1.54, 1.807) is 19.1 Å². The molecule has 92 valence electrons. The molecule has 0 bridgehead atoms. The van der Waals surface area contributed by atoms with Crippen molar-refractivity contribution >= 4 is 5.97 Å². The molecule has 1 aromatic rings. The molecular formula is C14H18O3. The largest absolute Gasteiger partial charge is 0.508 e. The molecular weight excluding hydrogens is 216 g/mol. The molecule has 3 nitrogen and oxygen atoms in total. The van der Waals surface area contributed by atoms with Crippen LogP contribution in [0.5, 0.6) is 11.5 Å². The predicted molar refractivity (Wildman–Crippen MR) is 67.3 cm³/mol. The first-order chi connectivity index (χ1) is 7.71. The third-order valence-electron chi connectivity index (χ3n) is 2.32. The van der Waals surface area contributed by atoms with Gasteiger partial charge in [-0.15, -0.1) is 0 Å². The maximum Gasteiger partial charge on any atom is 0.338 e. The van der Waals surface area contributed by atoms with E-state index in [2.05, 4.69) is 6.58 Å². The summed E-state index contributed by atoms with van der Waals surface area (Å²) in [5.74, 6) is -0.0332. The molecule has 3 heteroatoms. The third-order valence-corrected chi connectivity index (χ3v) is 2.32. The molecule has 0 amide bonds. The van der Waals surface area contributed by atoms with Gasteiger partial charge in [0.2, 0.25) is 0 Å². The number of aromatic hydroxyl groups is 1. The van der Waals surface area contributed by atoms with Gasteiger partial charge in [0.05, 0.1) is 0 Å². The van der Waals surface area contributed by atoms with Gasteiger partial charge in [-0.3, -0.25) is 0 Å². The van der Waals surface area contributed by atoms with Crippen LogP contribution in [0, 0.1) is 0 Å². The maximum absolute atomic E-state index is 11.5. The molecule has 0 aliphatic carbocycles. The van der Waals surface area contributed by atoms with Crippen molar-refractivity contribution in [2.24, 2.45) is 0 Å². The van der Waals surface area contributed by atoms with Gasteiger partial charge in [0.25, 0.3) is 0 Å². The lowest BCUT2D eigenvalue weighted by Gasteiger charge is -2.22. The minimum atomic E-state index is -0.485. The molecule has 0 fully saturated rings. The Hall–Kier alpha value is -1.77. The highest BCUT2D eigenvalue weighted by Gasteiger charge is 2.21. The fourth-order valence-electron chi connectivity index (χ4n) is 1.40. The van der Waals surface area contributed by atoms with Crippen LogP contribution in [0.25, 0.3) is 0 Å². The minimum Gasteiger partial charge on any atom is -0.508 e. The molecule has 1 rings (SSSR count). The summed E-state index contributed by atoms with van der Waals surface area (Å²) in [6.45, 7) is 11.1. The van der Waals surface area contributed by atoms with Crippen molar-refractivity contribution in [2.45, 2.75) is 33.1 Å². The van der Waals surface area contributed by atoms with Crippen LogP contribution >= 0.6 is 0 Å². The summed E-state index contributed by atoms with van der Waals surface area (Å²) in [5, 5.41) is 9.44. The van der Waals surface area contributed by atoms with Gasteiger partial charge in [0.15, 0.2) is 0 Å². The standard InChI is InChI=1S/C14H18O3/c1-9(2)13(16)17-12-8-10(15)6-7-11(12)14(3,4)5/h6-8,15H,1H2,2-5H3. The van der Waals surface area contributed by atoms with Gasteiger partial charge in [-0.05, 0) is 18.4 Å². The van der Waals surface area contributed by atoms with Crippen LogP contribution in [0.4, 0.5) is 0 Å². The number of carbonyl (C=O) groups excluding carboxylic acids is 1. The van der Waals surface area contributed by atoms with Gasteiger partial charge in [0.1, 0.15) is 11.5 Å². The number of phenols is 1. The number of phenolic OH excluding ortho intramolecular Hbond substituents is 1. The number of hydrogen-bond donors (Lipinski definition) is 1. The maximum atomic E-state index is 11.5. The SMILES string of the molecule is C=C(C)C(=O)Oc1cc(O)ccc1C(C)(C)C. The van der Waals surface area contributed by atoms with E-state index >= 15 is 0 Å². The Morgan fingerprint density at radius 3 is 2.41 bits per heavy atom. The van der Waals surface area contributed by atoms with Gasteiger partial charge < -0.3 is 9.84 Å². The first kappa shape index (κ1) is 13.3. The lowest BCUT2D eigenvalue weighted by atomic mass is 9.86. The first-order valence-corrected chi connectivity index (χ1v) is 5.43. The van der Waals surface area contributed by atoms with Crippen molar-refractivity contribution in [1.82, 2.24) is 0 Å². The normalized spacial score (nSPS) is 11.1. The van der Waals surface area contributed by atoms with Crippen LogP contribution in [0.2, 0.25) is 0 Å². The van der Waals surface area contributed by atoms with Crippen molar-refractivity contribution in [1.29, 1.82) is 0 Å². The molecule has 17 heavy (non-hydrogen) atoms. The topological polar surface area (TPSA) is 46.5 Å². The number of carbonyl (C=O) groups is 1. The van der Waals surface area contributed by atoms with E-state index in [1.807, 2.05) is 20.8 Å². The highest BCUT2D eigenvalue weighted by Crippen LogP contribution is 2.34. The Morgan fingerprint density at radius 1 is 1.35 bits per heavy atom. The number of rotatable bonds is 2. The molecule has 0 radical (unpaired) electrons. The predicted octanol–water partition coefficient (Wildman–Crippen LogP) is 3.17. The lowest BCUT2D eigenvalue weighted by Crippen LogP contribution is -2.16. The number of hydrogen-bond acceptors (Lipinski definition) is 3. The fraction of sp³-hybridized carbons (Fsp3) is 0.357. The summed E-state index contributed by atoms with van der Waals surface area (Å²) in [6.07, 6.45) is 0. The molecule has 0 heterocycles. The molecule has 0 atom stereocenters. The van der Waals surface area contributed by atoms with Crippen molar-refractivity contribution < 1.29 is 14.6 Å². The summed E-state index contributed by atoms with van der Waals surface area (Å²) in [6, 6.07) is 4.79. The van der Waals surface area contributed by atoms with Crippen molar-refractivity contribution in [3.05, 3.63) is 35.9 Å². The van der Waals surface area contributed by atoms with E-state index in [-0.39, 0.29) is 11.2 Å². The van der Waals surface area contributed by atoms with Crippen molar-refractivity contribution in [2.75, 3.05) is 0 Å². The summed E-state index contributed by atoms with van der Waals surface area (Å²) < 4.78 is 5.22. The molecule has 0 spiro atoms. The Balaban J connectivity index is 3.17. The summed E-state index contributed by atoms with van der Waals surface area (Å²) in [4.78, 5) is 11.5. The van der Waals surface area contributed by atoms with Crippen LogP contribution < -0.4 is 4.74 Å². The second-order valence-corrected chi connectivity index (χ2v) is 5.10. The smallest absolute Gasteiger partial charge is 0.338 e. The van der Waals surface area contributed by atoms with Crippen LogP contribution in [-0.2, 0) is 10.2 Å². The highest BCUT2D eigenvalue weighted by atomic mass is 16.5. The Kier molecular flexibility index (Phi) is 3.61. The molecule has 0 aromatic heterocycles. The van der Waals surface area contributed by atoms with Crippen LogP contribution in [0.15, 0.2) is 30.4 Å². The number of esters is 1. The van der Waals surface area contributed by atoms with Crippen LogP contribution in [0.1, 0.15) is 33.3 Å². The zero-order valence-electron chi connectivity index (χ0n) is 10.7. The lowest BCUT2D eigenvalue weighted by molar-refractivity contribution is -0.130. The Bertz CT molecular complexity index is 453. The number of benzene rings is 1. The van der Waals surface area contributed by atoms with E-state index in [0.717, 1.165) is 5.56 Å².